The van der Waals surface area contributed by atoms with Crippen molar-refractivity contribution in [2.45, 2.75) is 53.2 Å². The van der Waals surface area contributed by atoms with Crippen LogP contribution in [-0.2, 0) is 17.7 Å². The summed E-state index contributed by atoms with van der Waals surface area (Å²) in [7, 11) is 1.98. The lowest BCUT2D eigenvalue weighted by atomic mass is 10.1. The lowest BCUT2D eigenvalue weighted by Gasteiger charge is -2.11. The summed E-state index contributed by atoms with van der Waals surface area (Å²) in [5.74, 6) is 0.641. The highest BCUT2D eigenvalue weighted by atomic mass is 32.1. The SMILES string of the molecule is CCOC(CC)c1nc(CC(C)C)c(CNC)s1. The summed E-state index contributed by atoms with van der Waals surface area (Å²) in [6.45, 7) is 10.3. The Kier molecular flexibility index (Phi) is 6.82. The van der Waals surface area contributed by atoms with Gasteiger partial charge in [-0.2, -0.15) is 0 Å². The fraction of sp³-hybridized carbons (Fsp3) is 0.786. The molecule has 18 heavy (non-hydrogen) atoms. The zero-order valence-corrected chi connectivity index (χ0v) is 13.1. The molecule has 0 aliphatic heterocycles. The van der Waals surface area contributed by atoms with Crippen molar-refractivity contribution in [2.75, 3.05) is 13.7 Å². The molecule has 0 saturated heterocycles. The fourth-order valence-corrected chi connectivity index (χ4v) is 3.19. The average Bonchev–Trinajstić information content (AvgIpc) is 2.69. The first kappa shape index (κ1) is 15.6. The number of nitrogens with zero attached hydrogens (tertiary/aromatic N) is 1. The standard InChI is InChI=1S/C14H26N2OS/c1-6-12(17-7-2)14-16-11(8-10(3)4)13(18-14)9-15-5/h10,12,15H,6-9H2,1-5H3. The zero-order valence-electron chi connectivity index (χ0n) is 12.2. The summed E-state index contributed by atoms with van der Waals surface area (Å²) in [6.07, 6.45) is 2.20. The van der Waals surface area contributed by atoms with Crippen molar-refractivity contribution in [2.24, 2.45) is 5.92 Å². The molecule has 1 aromatic heterocycles. The normalized spacial score (nSPS) is 13.2. The summed E-state index contributed by atoms with van der Waals surface area (Å²) in [4.78, 5) is 6.17. The van der Waals surface area contributed by atoms with Crippen LogP contribution in [0.3, 0.4) is 0 Å². The molecule has 0 fully saturated rings. The number of hydrogen-bond acceptors (Lipinski definition) is 4. The first-order chi connectivity index (χ1) is 8.62. The van der Waals surface area contributed by atoms with Gasteiger partial charge in [-0.3, -0.25) is 0 Å². The van der Waals surface area contributed by atoms with E-state index in [1.54, 1.807) is 11.3 Å². The number of rotatable bonds is 8. The van der Waals surface area contributed by atoms with Crippen molar-refractivity contribution in [3.63, 3.8) is 0 Å². The molecule has 0 saturated carbocycles. The van der Waals surface area contributed by atoms with Crippen molar-refractivity contribution < 1.29 is 4.74 Å². The van der Waals surface area contributed by atoms with Crippen LogP contribution in [0.2, 0.25) is 0 Å². The number of thiazole rings is 1. The van der Waals surface area contributed by atoms with Crippen molar-refractivity contribution in [1.29, 1.82) is 0 Å². The third-order valence-electron chi connectivity index (χ3n) is 2.75. The second-order valence-electron chi connectivity index (χ2n) is 4.90. The molecule has 0 bridgehead atoms. The van der Waals surface area contributed by atoms with Gasteiger partial charge in [-0.05, 0) is 32.7 Å². The van der Waals surface area contributed by atoms with E-state index in [-0.39, 0.29) is 6.10 Å². The highest BCUT2D eigenvalue weighted by molar-refractivity contribution is 7.11. The molecule has 4 heteroatoms. The van der Waals surface area contributed by atoms with Crippen LogP contribution in [0.25, 0.3) is 0 Å². The molecule has 1 rings (SSSR count). The largest absolute Gasteiger partial charge is 0.371 e. The first-order valence-electron chi connectivity index (χ1n) is 6.86. The minimum absolute atomic E-state index is 0.163. The van der Waals surface area contributed by atoms with Crippen molar-refractivity contribution in [3.8, 4) is 0 Å². The maximum atomic E-state index is 5.76. The van der Waals surface area contributed by atoms with Crippen LogP contribution in [-0.4, -0.2) is 18.6 Å². The van der Waals surface area contributed by atoms with Gasteiger partial charge in [0, 0.05) is 18.0 Å². The van der Waals surface area contributed by atoms with Gasteiger partial charge in [0.05, 0.1) is 5.69 Å². The third-order valence-corrected chi connectivity index (χ3v) is 3.94. The van der Waals surface area contributed by atoms with Gasteiger partial charge in [-0.15, -0.1) is 11.3 Å². The van der Waals surface area contributed by atoms with Crippen LogP contribution in [0, 0.1) is 5.92 Å². The van der Waals surface area contributed by atoms with Crippen LogP contribution in [0.1, 0.15) is 55.8 Å². The lowest BCUT2D eigenvalue weighted by Crippen LogP contribution is -2.07. The average molecular weight is 270 g/mol. The molecule has 0 aromatic carbocycles. The maximum absolute atomic E-state index is 5.76. The Morgan fingerprint density at radius 2 is 2.06 bits per heavy atom. The first-order valence-corrected chi connectivity index (χ1v) is 7.68. The topological polar surface area (TPSA) is 34.1 Å². The van der Waals surface area contributed by atoms with Crippen LogP contribution in [0.5, 0.6) is 0 Å². The molecule has 0 radical (unpaired) electrons. The Bertz CT molecular complexity index is 350. The van der Waals surface area contributed by atoms with Crippen molar-refractivity contribution in [1.82, 2.24) is 10.3 Å². The molecule has 3 nitrogen and oxygen atoms in total. The summed E-state index contributed by atoms with van der Waals surface area (Å²) in [6, 6.07) is 0. The summed E-state index contributed by atoms with van der Waals surface area (Å²) in [5.41, 5.74) is 1.25. The van der Waals surface area contributed by atoms with Crippen LogP contribution >= 0.6 is 11.3 Å². The van der Waals surface area contributed by atoms with Gasteiger partial charge in [0.1, 0.15) is 11.1 Å². The van der Waals surface area contributed by atoms with Gasteiger partial charge in [-0.25, -0.2) is 4.98 Å². The van der Waals surface area contributed by atoms with Crippen molar-refractivity contribution >= 4 is 11.3 Å². The Balaban J connectivity index is 2.92. The molecule has 0 aliphatic carbocycles. The lowest BCUT2D eigenvalue weighted by molar-refractivity contribution is 0.0595. The van der Waals surface area contributed by atoms with E-state index in [4.69, 9.17) is 9.72 Å². The quantitative estimate of drug-likeness (QED) is 0.784. The molecule has 1 aromatic rings. The number of nitrogens with one attached hydrogen (secondary N) is 1. The smallest absolute Gasteiger partial charge is 0.122 e. The Morgan fingerprint density at radius 1 is 1.33 bits per heavy atom. The van der Waals surface area contributed by atoms with E-state index in [1.807, 2.05) is 14.0 Å². The summed E-state index contributed by atoms with van der Waals surface area (Å²) < 4.78 is 5.76. The van der Waals surface area contributed by atoms with Crippen LogP contribution in [0.15, 0.2) is 0 Å². The van der Waals surface area contributed by atoms with E-state index in [9.17, 15) is 0 Å². The molecular weight excluding hydrogens is 244 g/mol. The van der Waals surface area contributed by atoms with Gasteiger partial charge in [0.2, 0.25) is 0 Å². The van der Waals surface area contributed by atoms with E-state index in [1.165, 1.54) is 10.6 Å². The predicted molar refractivity (Wildman–Crippen MR) is 78.1 cm³/mol. The van der Waals surface area contributed by atoms with E-state index >= 15 is 0 Å². The molecule has 1 unspecified atom stereocenters. The molecule has 0 amide bonds. The second kappa shape index (κ2) is 7.87. The van der Waals surface area contributed by atoms with E-state index in [0.717, 1.165) is 31.0 Å². The Hall–Kier alpha value is -0.450. The molecule has 1 atom stereocenters. The van der Waals surface area contributed by atoms with Crippen molar-refractivity contribution in [3.05, 3.63) is 15.6 Å². The maximum Gasteiger partial charge on any atom is 0.122 e. The monoisotopic (exact) mass is 270 g/mol. The molecule has 1 heterocycles. The molecule has 0 spiro atoms. The molecular formula is C14H26N2OS. The zero-order chi connectivity index (χ0) is 13.5. The number of aromatic nitrogens is 1. The van der Waals surface area contributed by atoms with Gasteiger partial charge >= 0.3 is 0 Å². The molecule has 104 valence electrons. The fourth-order valence-electron chi connectivity index (χ4n) is 1.95. The summed E-state index contributed by atoms with van der Waals surface area (Å²) >= 11 is 1.80. The van der Waals surface area contributed by atoms with Gasteiger partial charge < -0.3 is 10.1 Å². The van der Waals surface area contributed by atoms with Crippen LogP contribution < -0.4 is 5.32 Å². The minimum atomic E-state index is 0.163. The van der Waals surface area contributed by atoms with E-state index in [0.29, 0.717) is 5.92 Å². The summed E-state index contributed by atoms with van der Waals surface area (Å²) in [5, 5.41) is 4.37. The minimum Gasteiger partial charge on any atom is -0.371 e. The Morgan fingerprint density at radius 3 is 2.56 bits per heavy atom. The number of hydrogen-bond donors (Lipinski definition) is 1. The van der Waals surface area contributed by atoms with E-state index < -0.39 is 0 Å². The van der Waals surface area contributed by atoms with Gasteiger partial charge in [0.15, 0.2) is 0 Å². The number of ether oxygens (including phenoxy) is 1. The van der Waals surface area contributed by atoms with E-state index in [2.05, 4.69) is 26.1 Å². The molecule has 0 aliphatic rings. The van der Waals surface area contributed by atoms with Gasteiger partial charge in [-0.1, -0.05) is 20.8 Å². The Labute approximate surface area is 115 Å². The van der Waals surface area contributed by atoms with Gasteiger partial charge in [0.25, 0.3) is 0 Å². The van der Waals surface area contributed by atoms with Crippen LogP contribution in [0.4, 0.5) is 0 Å². The second-order valence-corrected chi connectivity index (χ2v) is 6.02. The highest BCUT2D eigenvalue weighted by Crippen LogP contribution is 2.29. The predicted octanol–water partition coefficient (Wildman–Crippen LogP) is 3.55. The third kappa shape index (κ3) is 4.34. The molecule has 1 N–H and O–H groups in total. The highest BCUT2D eigenvalue weighted by Gasteiger charge is 2.18.